The summed E-state index contributed by atoms with van der Waals surface area (Å²) in [5.41, 5.74) is 4.96. The molecule has 0 aromatic heterocycles. The second-order valence-electron chi connectivity index (χ2n) is 4.60. The van der Waals surface area contributed by atoms with Crippen molar-refractivity contribution in [1.82, 2.24) is 5.32 Å². The molecule has 0 aliphatic heterocycles. The summed E-state index contributed by atoms with van der Waals surface area (Å²) in [4.78, 5) is 10.4. The van der Waals surface area contributed by atoms with E-state index in [0.717, 1.165) is 12.5 Å². The minimum Gasteiger partial charge on any atom is -0.370 e. The first kappa shape index (κ1) is 13.5. The normalized spacial score (nSPS) is 25.6. The van der Waals surface area contributed by atoms with Crippen LogP contribution in [0.1, 0.15) is 39.0 Å². The molecule has 3 N–H and O–H groups in total. The lowest BCUT2D eigenvalue weighted by Gasteiger charge is -2.28. The molecule has 0 aromatic carbocycles. The molecule has 16 heavy (non-hydrogen) atoms. The zero-order valence-corrected chi connectivity index (χ0v) is 10.2. The van der Waals surface area contributed by atoms with Crippen molar-refractivity contribution in [1.29, 1.82) is 0 Å². The van der Waals surface area contributed by atoms with Gasteiger partial charge in [-0.3, -0.25) is 4.79 Å². The first-order chi connectivity index (χ1) is 7.72. The molecule has 1 aliphatic rings. The third-order valence-electron chi connectivity index (χ3n) is 3.35. The molecule has 0 radical (unpaired) electrons. The van der Waals surface area contributed by atoms with E-state index in [1.165, 1.54) is 32.1 Å². The number of carbonyl (C=O) groups is 1. The highest BCUT2D eigenvalue weighted by Gasteiger charge is 2.18. The minimum absolute atomic E-state index is 0.0320. The van der Waals surface area contributed by atoms with Crippen molar-refractivity contribution in [3.05, 3.63) is 0 Å². The molecule has 0 bridgehead atoms. The summed E-state index contributed by atoms with van der Waals surface area (Å²) >= 11 is 0. The van der Waals surface area contributed by atoms with Crippen LogP contribution in [0.3, 0.4) is 0 Å². The van der Waals surface area contributed by atoms with Crippen molar-refractivity contribution in [3.8, 4) is 0 Å². The van der Waals surface area contributed by atoms with Crippen LogP contribution >= 0.6 is 0 Å². The maximum absolute atomic E-state index is 10.4. The lowest BCUT2D eigenvalue weighted by atomic mass is 9.84. The van der Waals surface area contributed by atoms with Crippen LogP contribution in [0.25, 0.3) is 0 Å². The highest BCUT2D eigenvalue weighted by molar-refractivity contribution is 5.74. The Morgan fingerprint density at radius 2 is 2.06 bits per heavy atom. The molecule has 0 saturated heterocycles. The second kappa shape index (κ2) is 7.63. The molecule has 1 fully saturated rings. The van der Waals surface area contributed by atoms with Gasteiger partial charge in [-0.2, -0.15) is 0 Å². The Morgan fingerprint density at radius 3 is 2.62 bits per heavy atom. The molecule has 4 nitrogen and oxygen atoms in total. The quantitative estimate of drug-likeness (QED) is 0.640. The van der Waals surface area contributed by atoms with Gasteiger partial charge in [0.05, 0.1) is 6.61 Å². The van der Waals surface area contributed by atoms with Crippen molar-refractivity contribution in [2.45, 2.75) is 45.1 Å². The van der Waals surface area contributed by atoms with E-state index in [2.05, 4.69) is 12.2 Å². The number of hydrogen-bond acceptors (Lipinski definition) is 3. The Balaban J connectivity index is 1.96. The van der Waals surface area contributed by atoms with Crippen LogP contribution in [0.4, 0.5) is 0 Å². The molecule has 1 aliphatic carbocycles. The third-order valence-corrected chi connectivity index (χ3v) is 3.35. The molecule has 0 unspecified atom stereocenters. The molecular weight excluding hydrogens is 204 g/mol. The number of hydrogen-bond donors (Lipinski definition) is 2. The van der Waals surface area contributed by atoms with Gasteiger partial charge in [-0.05, 0) is 31.6 Å². The minimum atomic E-state index is -0.400. The van der Waals surface area contributed by atoms with Crippen LogP contribution in [0, 0.1) is 5.92 Å². The summed E-state index contributed by atoms with van der Waals surface area (Å²) in [6, 6.07) is 0.639. The van der Waals surface area contributed by atoms with E-state index in [4.69, 9.17) is 10.5 Å². The molecule has 0 heterocycles. The Bertz CT molecular complexity index is 201. The van der Waals surface area contributed by atoms with Crippen LogP contribution in [-0.4, -0.2) is 31.7 Å². The summed E-state index contributed by atoms with van der Waals surface area (Å²) < 4.78 is 5.09. The smallest absolute Gasteiger partial charge is 0.243 e. The number of primary amides is 1. The van der Waals surface area contributed by atoms with Gasteiger partial charge in [0.25, 0.3) is 0 Å². The van der Waals surface area contributed by atoms with Crippen LogP contribution in [0.5, 0.6) is 0 Å². The Labute approximate surface area is 97.9 Å². The highest BCUT2D eigenvalue weighted by atomic mass is 16.5. The van der Waals surface area contributed by atoms with Gasteiger partial charge in [0.2, 0.25) is 5.91 Å². The van der Waals surface area contributed by atoms with Crippen molar-refractivity contribution >= 4 is 5.91 Å². The first-order valence-corrected chi connectivity index (χ1v) is 6.31. The average Bonchev–Trinajstić information content (AvgIpc) is 2.29. The summed E-state index contributed by atoms with van der Waals surface area (Å²) in [5, 5.41) is 3.46. The van der Waals surface area contributed by atoms with Crippen molar-refractivity contribution in [3.63, 3.8) is 0 Å². The Kier molecular flexibility index (Phi) is 6.42. The van der Waals surface area contributed by atoms with Gasteiger partial charge in [-0.25, -0.2) is 0 Å². The predicted molar refractivity (Wildman–Crippen MR) is 64.1 cm³/mol. The van der Waals surface area contributed by atoms with E-state index in [0.29, 0.717) is 12.6 Å². The summed E-state index contributed by atoms with van der Waals surface area (Å²) in [6.45, 7) is 3.69. The van der Waals surface area contributed by atoms with Crippen LogP contribution in [0.2, 0.25) is 0 Å². The van der Waals surface area contributed by atoms with Gasteiger partial charge in [0, 0.05) is 12.6 Å². The number of nitrogens with one attached hydrogen (secondary N) is 1. The largest absolute Gasteiger partial charge is 0.370 e. The number of ether oxygens (including phenoxy) is 1. The summed E-state index contributed by atoms with van der Waals surface area (Å²) in [5.74, 6) is 0.535. The van der Waals surface area contributed by atoms with Crippen LogP contribution in [0.15, 0.2) is 0 Å². The summed E-state index contributed by atoms with van der Waals surface area (Å²) in [6.07, 6.45) is 6.55. The number of nitrogens with two attached hydrogens (primary N) is 1. The average molecular weight is 228 g/mol. The number of carbonyl (C=O) groups excluding carboxylic acids is 1. The number of amides is 1. The number of rotatable bonds is 7. The highest BCUT2D eigenvalue weighted by Crippen LogP contribution is 2.26. The zero-order chi connectivity index (χ0) is 11.8. The third kappa shape index (κ3) is 5.47. The summed E-state index contributed by atoms with van der Waals surface area (Å²) in [7, 11) is 0. The molecule has 0 aromatic rings. The topological polar surface area (TPSA) is 64.3 Å². The van der Waals surface area contributed by atoms with E-state index in [9.17, 15) is 4.79 Å². The van der Waals surface area contributed by atoms with E-state index in [1.807, 2.05) is 0 Å². The van der Waals surface area contributed by atoms with Gasteiger partial charge in [-0.15, -0.1) is 0 Å². The maximum Gasteiger partial charge on any atom is 0.243 e. The zero-order valence-electron chi connectivity index (χ0n) is 10.2. The van der Waals surface area contributed by atoms with Crippen molar-refractivity contribution in [2.75, 3.05) is 19.8 Å². The first-order valence-electron chi connectivity index (χ1n) is 6.31. The lowest BCUT2D eigenvalue weighted by Crippen LogP contribution is -2.35. The molecular formula is C12H24N2O2. The van der Waals surface area contributed by atoms with Gasteiger partial charge in [-0.1, -0.05) is 13.3 Å². The maximum atomic E-state index is 10.4. The van der Waals surface area contributed by atoms with Crippen LogP contribution < -0.4 is 11.1 Å². The van der Waals surface area contributed by atoms with Crippen molar-refractivity contribution in [2.24, 2.45) is 11.7 Å². The van der Waals surface area contributed by atoms with Gasteiger partial charge in [0.15, 0.2) is 0 Å². The molecule has 0 spiro atoms. The van der Waals surface area contributed by atoms with Crippen molar-refractivity contribution < 1.29 is 9.53 Å². The molecule has 4 heteroatoms. The fourth-order valence-corrected chi connectivity index (χ4v) is 2.28. The fraction of sp³-hybridized carbons (Fsp3) is 0.917. The van der Waals surface area contributed by atoms with Gasteiger partial charge >= 0.3 is 0 Å². The Morgan fingerprint density at radius 1 is 1.38 bits per heavy atom. The molecule has 1 rings (SSSR count). The molecule has 1 saturated carbocycles. The van der Waals surface area contributed by atoms with Gasteiger partial charge < -0.3 is 15.8 Å². The second-order valence-corrected chi connectivity index (χ2v) is 4.60. The van der Waals surface area contributed by atoms with Crippen LogP contribution in [-0.2, 0) is 9.53 Å². The standard InChI is InChI=1S/C12H24N2O2/c1-2-10-3-5-11(6-4-10)14-7-8-16-9-12(13)15/h10-11,14H,2-9H2,1H3,(H2,13,15). The lowest BCUT2D eigenvalue weighted by molar-refractivity contribution is -0.122. The monoisotopic (exact) mass is 228 g/mol. The van der Waals surface area contributed by atoms with E-state index in [1.54, 1.807) is 0 Å². The Hall–Kier alpha value is -0.610. The van der Waals surface area contributed by atoms with E-state index in [-0.39, 0.29) is 6.61 Å². The van der Waals surface area contributed by atoms with Gasteiger partial charge in [0.1, 0.15) is 6.61 Å². The fourth-order valence-electron chi connectivity index (χ4n) is 2.28. The SMILES string of the molecule is CCC1CCC(NCCOCC(N)=O)CC1. The molecule has 0 atom stereocenters. The molecule has 1 amide bonds. The van der Waals surface area contributed by atoms with E-state index < -0.39 is 5.91 Å². The predicted octanol–water partition coefficient (Wildman–Crippen LogP) is 1.05. The van der Waals surface area contributed by atoms with E-state index >= 15 is 0 Å². The molecule has 94 valence electrons.